The summed E-state index contributed by atoms with van der Waals surface area (Å²) < 4.78 is 0. The molecule has 0 aliphatic rings. The van der Waals surface area contributed by atoms with Crippen molar-refractivity contribution in [3.05, 3.63) is 0 Å². The van der Waals surface area contributed by atoms with Crippen molar-refractivity contribution in [2.24, 2.45) is 11.1 Å². The average Bonchev–Trinajstić information content (AvgIpc) is 2.25. The third kappa shape index (κ3) is 6.59. The standard InChI is InChI=1S/C13H27N3O2/c1-10(12(18)16(4)5)15-11(17)6-7-13(2,3)8-9-14/h10H,6-9,14H2,1-5H3,(H,15,17). The van der Waals surface area contributed by atoms with E-state index in [4.69, 9.17) is 5.73 Å². The van der Waals surface area contributed by atoms with Gasteiger partial charge < -0.3 is 16.0 Å². The zero-order valence-electron chi connectivity index (χ0n) is 12.2. The highest BCUT2D eigenvalue weighted by molar-refractivity contribution is 5.86. The SMILES string of the molecule is CC(NC(=O)CCC(C)(C)CCN)C(=O)N(C)C. The first-order valence-electron chi connectivity index (χ1n) is 6.40. The summed E-state index contributed by atoms with van der Waals surface area (Å²) in [4.78, 5) is 24.8. The summed E-state index contributed by atoms with van der Waals surface area (Å²) in [7, 11) is 3.35. The molecular weight excluding hydrogens is 230 g/mol. The Morgan fingerprint density at radius 2 is 1.83 bits per heavy atom. The summed E-state index contributed by atoms with van der Waals surface area (Å²) in [5.41, 5.74) is 5.59. The second-order valence-electron chi connectivity index (χ2n) is 5.72. The molecule has 3 N–H and O–H groups in total. The van der Waals surface area contributed by atoms with Crippen LogP contribution in [0.2, 0.25) is 0 Å². The van der Waals surface area contributed by atoms with Gasteiger partial charge in [-0.1, -0.05) is 13.8 Å². The van der Waals surface area contributed by atoms with Crippen LogP contribution in [0.1, 0.15) is 40.0 Å². The second kappa shape index (κ2) is 7.36. The highest BCUT2D eigenvalue weighted by atomic mass is 16.2. The van der Waals surface area contributed by atoms with Crippen molar-refractivity contribution in [2.75, 3.05) is 20.6 Å². The molecule has 0 saturated heterocycles. The van der Waals surface area contributed by atoms with Gasteiger partial charge in [-0.3, -0.25) is 9.59 Å². The zero-order chi connectivity index (χ0) is 14.3. The number of likely N-dealkylation sites (N-methyl/N-ethyl adjacent to an activating group) is 1. The summed E-state index contributed by atoms with van der Waals surface area (Å²) >= 11 is 0. The van der Waals surface area contributed by atoms with E-state index >= 15 is 0 Å². The molecule has 0 aliphatic heterocycles. The number of carbonyl (C=O) groups is 2. The highest BCUT2D eigenvalue weighted by Crippen LogP contribution is 2.25. The maximum Gasteiger partial charge on any atom is 0.244 e. The van der Waals surface area contributed by atoms with E-state index in [1.807, 2.05) is 0 Å². The number of rotatable bonds is 7. The number of hydrogen-bond acceptors (Lipinski definition) is 3. The fourth-order valence-electron chi connectivity index (χ4n) is 1.73. The molecule has 0 radical (unpaired) electrons. The highest BCUT2D eigenvalue weighted by Gasteiger charge is 2.21. The van der Waals surface area contributed by atoms with Crippen LogP contribution in [-0.4, -0.2) is 43.4 Å². The van der Waals surface area contributed by atoms with Gasteiger partial charge in [0.1, 0.15) is 6.04 Å². The minimum Gasteiger partial charge on any atom is -0.347 e. The molecule has 0 saturated carbocycles. The molecule has 0 fully saturated rings. The van der Waals surface area contributed by atoms with Crippen LogP contribution in [-0.2, 0) is 9.59 Å². The van der Waals surface area contributed by atoms with Crippen LogP contribution >= 0.6 is 0 Å². The van der Waals surface area contributed by atoms with E-state index in [1.54, 1.807) is 21.0 Å². The van der Waals surface area contributed by atoms with Gasteiger partial charge in [-0.15, -0.1) is 0 Å². The minimum atomic E-state index is -0.467. The van der Waals surface area contributed by atoms with E-state index in [2.05, 4.69) is 19.2 Å². The fourth-order valence-corrected chi connectivity index (χ4v) is 1.73. The van der Waals surface area contributed by atoms with Gasteiger partial charge in [-0.25, -0.2) is 0 Å². The molecule has 0 aliphatic carbocycles. The average molecular weight is 257 g/mol. The van der Waals surface area contributed by atoms with Crippen LogP contribution in [0.15, 0.2) is 0 Å². The number of nitrogens with zero attached hydrogens (tertiary/aromatic N) is 1. The molecule has 0 aromatic rings. The summed E-state index contributed by atoms with van der Waals surface area (Å²) in [5.74, 6) is -0.174. The lowest BCUT2D eigenvalue weighted by Gasteiger charge is -2.24. The fraction of sp³-hybridized carbons (Fsp3) is 0.846. The number of nitrogens with two attached hydrogens (primary N) is 1. The summed E-state index contributed by atoms with van der Waals surface area (Å²) in [6, 6.07) is -0.467. The quantitative estimate of drug-likeness (QED) is 0.706. The Balaban J connectivity index is 4.09. The van der Waals surface area contributed by atoms with E-state index in [1.165, 1.54) is 4.90 Å². The van der Waals surface area contributed by atoms with Gasteiger partial charge in [0.25, 0.3) is 0 Å². The van der Waals surface area contributed by atoms with Crippen molar-refractivity contribution in [1.29, 1.82) is 0 Å². The van der Waals surface area contributed by atoms with Crippen molar-refractivity contribution >= 4 is 11.8 Å². The number of amides is 2. The van der Waals surface area contributed by atoms with Crippen molar-refractivity contribution in [2.45, 2.75) is 46.1 Å². The molecule has 0 spiro atoms. The summed E-state index contributed by atoms with van der Waals surface area (Å²) in [5, 5.41) is 2.71. The van der Waals surface area contributed by atoms with Crippen LogP contribution in [0.4, 0.5) is 0 Å². The van der Waals surface area contributed by atoms with E-state index in [9.17, 15) is 9.59 Å². The van der Waals surface area contributed by atoms with Gasteiger partial charge in [0.2, 0.25) is 11.8 Å². The van der Waals surface area contributed by atoms with Crippen LogP contribution in [0, 0.1) is 5.41 Å². The lowest BCUT2D eigenvalue weighted by Crippen LogP contribution is -2.44. The van der Waals surface area contributed by atoms with Gasteiger partial charge in [0.15, 0.2) is 0 Å². The Morgan fingerprint density at radius 3 is 2.28 bits per heavy atom. The van der Waals surface area contributed by atoms with Gasteiger partial charge in [-0.05, 0) is 31.7 Å². The molecule has 5 nitrogen and oxygen atoms in total. The van der Waals surface area contributed by atoms with Gasteiger partial charge in [0, 0.05) is 20.5 Å². The molecule has 2 amide bonds. The first-order chi connectivity index (χ1) is 8.19. The Morgan fingerprint density at radius 1 is 1.28 bits per heavy atom. The molecule has 0 aromatic carbocycles. The normalized spacial score (nSPS) is 13.0. The van der Waals surface area contributed by atoms with E-state index in [0.717, 1.165) is 12.8 Å². The summed E-state index contributed by atoms with van der Waals surface area (Å²) in [6.45, 7) is 6.53. The van der Waals surface area contributed by atoms with E-state index in [-0.39, 0.29) is 17.2 Å². The molecule has 0 bridgehead atoms. The number of nitrogens with one attached hydrogen (secondary N) is 1. The molecule has 0 heterocycles. The minimum absolute atomic E-state index is 0.0703. The Hall–Kier alpha value is -1.10. The molecular formula is C13H27N3O2. The lowest BCUT2D eigenvalue weighted by molar-refractivity contribution is -0.134. The predicted octanol–water partition coefficient (Wildman–Crippen LogP) is 0.735. The largest absolute Gasteiger partial charge is 0.347 e. The molecule has 5 heteroatoms. The van der Waals surface area contributed by atoms with Crippen LogP contribution in [0.25, 0.3) is 0 Å². The Kier molecular flexibility index (Phi) is 6.91. The third-order valence-electron chi connectivity index (χ3n) is 3.04. The Labute approximate surface area is 110 Å². The molecule has 18 heavy (non-hydrogen) atoms. The first-order valence-corrected chi connectivity index (χ1v) is 6.40. The van der Waals surface area contributed by atoms with E-state index < -0.39 is 6.04 Å². The maximum absolute atomic E-state index is 11.7. The monoisotopic (exact) mass is 257 g/mol. The first kappa shape index (κ1) is 16.9. The van der Waals surface area contributed by atoms with Gasteiger partial charge in [0.05, 0.1) is 0 Å². The lowest BCUT2D eigenvalue weighted by atomic mass is 9.84. The van der Waals surface area contributed by atoms with Crippen molar-refractivity contribution in [3.63, 3.8) is 0 Å². The topological polar surface area (TPSA) is 75.4 Å². The zero-order valence-corrected chi connectivity index (χ0v) is 12.2. The van der Waals surface area contributed by atoms with Crippen LogP contribution < -0.4 is 11.1 Å². The van der Waals surface area contributed by atoms with Crippen molar-refractivity contribution in [3.8, 4) is 0 Å². The van der Waals surface area contributed by atoms with Crippen LogP contribution in [0.3, 0.4) is 0 Å². The second-order valence-corrected chi connectivity index (χ2v) is 5.72. The maximum atomic E-state index is 11.7. The van der Waals surface area contributed by atoms with Crippen molar-refractivity contribution in [1.82, 2.24) is 10.2 Å². The molecule has 1 unspecified atom stereocenters. The number of hydrogen-bond donors (Lipinski definition) is 2. The number of carbonyl (C=O) groups excluding carboxylic acids is 2. The molecule has 0 rings (SSSR count). The summed E-state index contributed by atoms with van der Waals surface area (Å²) in [6.07, 6.45) is 2.10. The molecule has 106 valence electrons. The smallest absolute Gasteiger partial charge is 0.244 e. The molecule has 0 aromatic heterocycles. The van der Waals surface area contributed by atoms with Crippen molar-refractivity contribution < 1.29 is 9.59 Å². The molecule has 1 atom stereocenters. The van der Waals surface area contributed by atoms with Gasteiger partial charge >= 0.3 is 0 Å². The van der Waals surface area contributed by atoms with Gasteiger partial charge in [-0.2, -0.15) is 0 Å². The third-order valence-corrected chi connectivity index (χ3v) is 3.04. The Bertz CT molecular complexity index is 288. The predicted molar refractivity (Wildman–Crippen MR) is 73.0 cm³/mol. The van der Waals surface area contributed by atoms with Crippen LogP contribution in [0.5, 0.6) is 0 Å². The van der Waals surface area contributed by atoms with E-state index in [0.29, 0.717) is 13.0 Å².